The van der Waals surface area contributed by atoms with Gasteiger partial charge in [-0.25, -0.2) is 4.79 Å². The Morgan fingerprint density at radius 1 is 1.17 bits per heavy atom. The molecule has 0 aromatic heterocycles. The highest BCUT2D eigenvalue weighted by molar-refractivity contribution is 6.01. The van der Waals surface area contributed by atoms with E-state index in [2.05, 4.69) is 5.32 Å². The minimum Gasteiger partial charge on any atom is -0.497 e. The molecule has 2 aromatic rings. The predicted molar refractivity (Wildman–Crippen MR) is 106 cm³/mol. The average Bonchev–Trinajstić information content (AvgIpc) is 3.36. The summed E-state index contributed by atoms with van der Waals surface area (Å²) >= 11 is 0. The monoisotopic (exact) mass is 393 g/mol. The van der Waals surface area contributed by atoms with Crippen molar-refractivity contribution in [1.82, 2.24) is 15.1 Å². The fourth-order valence-corrected chi connectivity index (χ4v) is 3.92. The molecule has 2 heterocycles. The molecule has 0 radical (unpaired) electrons. The van der Waals surface area contributed by atoms with Crippen molar-refractivity contribution in [2.45, 2.75) is 25.4 Å². The first kappa shape index (κ1) is 19.0. The highest BCUT2D eigenvalue weighted by Gasteiger charge is 2.31. The van der Waals surface area contributed by atoms with Crippen LogP contribution in [0, 0.1) is 0 Å². The van der Waals surface area contributed by atoms with Crippen LogP contribution in [0.25, 0.3) is 0 Å². The van der Waals surface area contributed by atoms with Gasteiger partial charge in [-0.1, -0.05) is 24.3 Å². The zero-order valence-corrected chi connectivity index (χ0v) is 16.3. The SMILES string of the molecule is COc1cccc(C2CCCN2C(=O)c2ccc(CN3C(=O)CNC3=O)cc2)c1. The fourth-order valence-electron chi connectivity index (χ4n) is 3.92. The summed E-state index contributed by atoms with van der Waals surface area (Å²) in [6.45, 7) is 0.955. The standard InChI is InChI=1S/C22H23N3O4/c1-29-18-5-2-4-17(12-18)19-6-3-11-24(19)21(27)16-9-7-15(8-10-16)14-25-20(26)13-23-22(25)28/h2,4-5,7-10,12,19H,3,6,11,13-14H2,1H3,(H,23,28). The number of ether oxygens (including phenoxy) is 1. The highest BCUT2D eigenvalue weighted by atomic mass is 16.5. The van der Waals surface area contributed by atoms with Crippen molar-refractivity contribution >= 4 is 17.8 Å². The van der Waals surface area contributed by atoms with E-state index in [0.29, 0.717) is 12.1 Å². The summed E-state index contributed by atoms with van der Waals surface area (Å²) in [5.41, 5.74) is 2.48. The lowest BCUT2D eigenvalue weighted by molar-refractivity contribution is -0.125. The maximum Gasteiger partial charge on any atom is 0.324 e. The molecule has 4 rings (SSSR count). The van der Waals surface area contributed by atoms with Crippen molar-refractivity contribution in [3.8, 4) is 5.75 Å². The van der Waals surface area contributed by atoms with Crippen LogP contribution in [0.15, 0.2) is 48.5 Å². The van der Waals surface area contributed by atoms with Gasteiger partial charge in [0.15, 0.2) is 0 Å². The van der Waals surface area contributed by atoms with Gasteiger partial charge in [0.1, 0.15) is 5.75 Å². The largest absolute Gasteiger partial charge is 0.497 e. The van der Waals surface area contributed by atoms with Gasteiger partial charge >= 0.3 is 6.03 Å². The summed E-state index contributed by atoms with van der Waals surface area (Å²) in [5.74, 6) is 0.525. The lowest BCUT2D eigenvalue weighted by atomic mass is 10.0. The third kappa shape index (κ3) is 3.81. The van der Waals surface area contributed by atoms with Gasteiger partial charge in [-0.3, -0.25) is 14.5 Å². The van der Waals surface area contributed by atoms with E-state index >= 15 is 0 Å². The molecule has 1 atom stereocenters. The number of methoxy groups -OCH3 is 1. The number of imide groups is 1. The number of carbonyl (C=O) groups excluding carboxylic acids is 3. The smallest absolute Gasteiger partial charge is 0.324 e. The number of rotatable bonds is 5. The summed E-state index contributed by atoms with van der Waals surface area (Å²) in [6, 6.07) is 14.6. The quantitative estimate of drug-likeness (QED) is 0.793. The molecular formula is C22H23N3O4. The molecule has 29 heavy (non-hydrogen) atoms. The van der Waals surface area contributed by atoms with Crippen LogP contribution in [0.1, 0.15) is 40.4 Å². The van der Waals surface area contributed by atoms with Crippen LogP contribution in [0.3, 0.4) is 0 Å². The van der Waals surface area contributed by atoms with Gasteiger partial charge in [0.05, 0.1) is 26.2 Å². The number of hydrogen-bond donors (Lipinski definition) is 1. The summed E-state index contributed by atoms with van der Waals surface area (Å²) < 4.78 is 5.32. The minimum atomic E-state index is -0.381. The lowest BCUT2D eigenvalue weighted by Crippen LogP contribution is -2.31. The van der Waals surface area contributed by atoms with Gasteiger partial charge in [0, 0.05) is 12.1 Å². The Kier molecular flexibility index (Phi) is 5.20. The Bertz CT molecular complexity index is 925. The van der Waals surface area contributed by atoms with Gasteiger partial charge in [-0.2, -0.15) is 0 Å². The molecule has 0 bridgehead atoms. The number of carbonyl (C=O) groups is 3. The van der Waals surface area contributed by atoms with Crippen LogP contribution in [-0.4, -0.2) is 47.8 Å². The van der Waals surface area contributed by atoms with E-state index in [1.54, 1.807) is 31.4 Å². The predicted octanol–water partition coefficient (Wildman–Crippen LogP) is 2.72. The van der Waals surface area contributed by atoms with Gasteiger partial charge < -0.3 is 15.0 Å². The van der Waals surface area contributed by atoms with Crippen molar-refractivity contribution in [3.63, 3.8) is 0 Å². The molecule has 0 aliphatic carbocycles. The van der Waals surface area contributed by atoms with Crippen LogP contribution in [0.4, 0.5) is 4.79 Å². The molecule has 4 amide bonds. The molecule has 150 valence electrons. The molecule has 1 N–H and O–H groups in total. The second-order valence-electron chi connectivity index (χ2n) is 7.27. The van der Waals surface area contributed by atoms with Gasteiger partial charge in [-0.15, -0.1) is 0 Å². The third-order valence-electron chi connectivity index (χ3n) is 5.47. The Morgan fingerprint density at radius 3 is 2.66 bits per heavy atom. The van der Waals surface area contributed by atoms with Gasteiger partial charge in [0.2, 0.25) is 5.91 Å². The third-order valence-corrected chi connectivity index (χ3v) is 5.47. The van der Waals surface area contributed by atoms with E-state index < -0.39 is 0 Å². The molecule has 2 fully saturated rings. The molecule has 0 saturated carbocycles. The number of urea groups is 1. The molecule has 7 nitrogen and oxygen atoms in total. The van der Waals surface area contributed by atoms with Crippen LogP contribution < -0.4 is 10.1 Å². The van der Waals surface area contributed by atoms with E-state index in [9.17, 15) is 14.4 Å². The molecule has 2 aromatic carbocycles. The zero-order chi connectivity index (χ0) is 20.4. The van der Waals surface area contributed by atoms with Crippen molar-refractivity contribution in [2.75, 3.05) is 20.2 Å². The maximum atomic E-state index is 13.1. The minimum absolute atomic E-state index is 0.0168. The van der Waals surface area contributed by atoms with E-state index in [1.807, 2.05) is 29.2 Å². The summed E-state index contributed by atoms with van der Waals surface area (Å²) in [6.07, 6.45) is 1.88. The summed E-state index contributed by atoms with van der Waals surface area (Å²) in [7, 11) is 1.64. The van der Waals surface area contributed by atoms with E-state index in [-0.39, 0.29) is 37.0 Å². The first-order chi connectivity index (χ1) is 14.1. The van der Waals surface area contributed by atoms with Gasteiger partial charge in [-0.05, 0) is 48.2 Å². The molecule has 0 spiro atoms. The average molecular weight is 393 g/mol. The zero-order valence-electron chi connectivity index (χ0n) is 16.3. The maximum absolute atomic E-state index is 13.1. The van der Waals surface area contributed by atoms with Crippen molar-refractivity contribution in [3.05, 3.63) is 65.2 Å². The fraction of sp³-hybridized carbons (Fsp3) is 0.318. The normalized spacial score (nSPS) is 18.9. The molecular weight excluding hydrogens is 370 g/mol. The number of likely N-dealkylation sites (tertiary alicyclic amines) is 1. The molecule has 2 aliphatic rings. The van der Waals surface area contributed by atoms with Crippen molar-refractivity contribution in [1.29, 1.82) is 0 Å². The number of amides is 4. The first-order valence-corrected chi connectivity index (χ1v) is 9.69. The van der Waals surface area contributed by atoms with Crippen LogP contribution in [-0.2, 0) is 11.3 Å². The van der Waals surface area contributed by atoms with Crippen LogP contribution in [0.2, 0.25) is 0 Å². The molecule has 2 aliphatic heterocycles. The van der Waals surface area contributed by atoms with Gasteiger partial charge in [0.25, 0.3) is 5.91 Å². The Hall–Kier alpha value is -3.35. The van der Waals surface area contributed by atoms with Crippen LogP contribution in [0.5, 0.6) is 5.75 Å². The van der Waals surface area contributed by atoms with E-state index in [4.69, 9.17) is 4.74 Å². The lowest BCUT2D eigenvalue weighted by Gasteiger charge is -2.25. The number of hydrogen-bond acceptors (Lipinski definition) is 4. The topological polar surface area (TPSA) is 79.0 Å². The number of benzene rings is 2. The molecule has 7 heteroatoms. The van der Waals surface area contributed by atoms with Crippen molar-refractivity contribution in [2.24, 2.45) is 0 Å². The van der Waals surface area contributed by atoms with Crippen molar-refractivity contribution < 1.29 is 19.1 Å². The second-order valence-corrected chi connectivity index (χ2v) is 7.27. The first-order valence-electron chi connectivity index (χ1n) is 9.69. The van der Waals surface area contributed by atoms with E-state index in [0.717, 1.165) is 29.7 Å². The van der Waals surface area contributed by atoms with Crippen LogP contribution >= 0.6 is 0 Å². The summed E-state index contributed by atoms with van der Waals surface area (Å²) in [5, 5.41) is 2.50. The Labute approximate surface area is 169 Å². The van der Waals surface area contributed by atoms with E-state index in [1.165, 1.54) is 4.90 Å². The Balaban J connectivity index is 1.48. The number of nitrogens with one attached hydrogen (secondary N) is 1. The molecule has 1 unspecified atom stereocenters. The second kappa shape index (κ2) is 7.95. The summed E-state index contributed by atoms with van der Waals surface area (Å²) in [4.78, 5) is 39.6. The number of nitrogens with zero attached hydrogens (tertiary/aromatic N) is 2. The molecule has 2 saturated heterocycles. The highest BCUT2D eigenvalue weighted by Crippen LogP contribution is 2.34. The Morgan fingerprint density at radius 2 is 1.97 bits per heavy atom.